The van der Waals surface area contributed by atoms with Crippen molar-refractivity contribution in [3.8, 4) is 5.75 Å². The monoisotopic (exact) mass is 417 g/mol. The van der Waals surface area contributed by atoms with Crippen LogP contribution in [0.5, 0.6) is 5.75 Å². The lowest BCUT2D eigenvalue weighted by Gasteiger charge is -2.04. The summed E-state index contributed by atoms with van der Waals surface area (Å²) in [5.41, 5.74) is 2.01. The Bertz CT molecular complexity index is 1050. The molecule has 0 fully saturated rings. The van der Waals surface area contributed by atoms with Crippen LogP contribution < -0.4 is 10.2 Å². The van der Waals surface area contributed by atoms with E-state index in [0.717, 1.165) is 16.9 Å². The van der Waals surface area contributed by atoms with Crippen LogP contribution in [0.2, 0.25) is 0 Å². The average molecular weight is 417 g/mol. The van der Waals surface area contributed by atoms with E-state index in [9.17, 15) is 22.8 Å². The van der Waals surface area contributed by atoms with E-state index < -0.39 is 30.3 Å². The summed E-state index contributed by atoms with van der Waals surface area (Å²) >= 11 is 0. The van der Waals surface area contributed by atoms with Gasteiger partial charge in [0.15, 0.2) is 5.69 Å². The van der Waals surface area contributed by atoms with E-state index in [1.165, 1.54) is 12.4 Å². The van der Waals surface area contributed by atoms with Crippen molar-refractivity contribution >= 4 is 18.1 Å². The topological polar surface area (TPSA) is 98.5 Å². The molecule has 154 valence electrons. The number of ether oxygens (including phenoxy) is 1. The number of carbonyl (C=O) groups excluding carboxylic acids is 2. The van der Waals surface area contributed by atoms with Crippen molar-refractivity contribution in [3.63, 3.8) is 0 Å². The van der Waals surface area contributed by atoms with Crippen LogP contribution in [0.15, 0.2) is 66.2 Å². The quantitative estimate of drug-likeness (QED) is 0.288. The van der Waals surface area contributed by atoms with Gasteiger partial charge in [-0.15, -0.1) is 0 Å². The van der Waals surface area contributed by atoms with Crippen molar-refractivity contribution in [2.45, 2.75) is 12.7 Å². The van der Waals surface area contributed by atoms with Crippen molar-refractivity contribution in [2.24, 2.45) is 5.10 Å². The summed E-state index contributed by atoms with van der Waals surface area (Å²) in [6.07, 6.45) is 0.739. The number of rotatable bonds is 6. The van der Waals surface area contributed by atoms with E-state index >= 15 is 0 Å². The predicted octanol–water partition coefficient (Wildman–Crippen LogP) is 2.67. The van der Waals surface area contributed by atoms with Gasteiger partial charge >= 0.3 is 12.1 Å². The SMILES string of the molecule is O=C(Cn1ccc(C(F)(F)F)n1)NN=Cc1ccc(OC(=O)c2cccnc2)cc1. The molecule has 0 radical (unpaired) electrons. The molecule has 8 nitrogen and oxygen atoms in total. The number of benzene rings is 1. The van der Waals surface area contributed by atoms with E-state index in [2.05, 4.69) is 20.6 Å². The second kappa shape index (κ2) is 8.99. The fraction of sp³-hybridized carbons (Fsp3) is 0.105. The van der Waals surface area contributed by atoms with E-state index in [1.807, 2.05) is 0 Å². The van der Waals surface area contributed by atoms with Crippen LogP contribution >= 0.6 is 0 Å². The first-order valence-electron chi connectivity index (χ1n) is 8.46. The predicted molar refractivity (Wildman–Crippen MR) is 98.6 cm³/mol. The molecule has 1 N–H and O–H groups in total. The van der Waals surface area contributed by atoms with E-state index in [-0.39, 0.29) is 0 Å². The molecule has 0 bridgehead atoms. The van der Waals surface area contributed by atoms with Crippen molar-refractivity contribution in [2.75, 3.05) is 0 Å². The summed E-state index contributed by atoms with van der Waals surface area (Å²) in [6, 6.07) is 10.3. The number of hydrogen-bond acceptors (Lipinski definition) is 6. The maximum Gasteiger partial charge on any atom is 0.435 e. The van der Waals surface area contributed by atoms with Gasteiger partial charge in [-0.05, 0) is 48.0 Å². The smallest absolute Gasteiger partial charge is 0.423 e. The molecule has 1 amide bonds. The van der Waals surface area contributed by atoms with Crippen LogP contribution in [-0.2, 0) is 17.5 Å². The second-order valence-electron chi connectivity index (χ2n) is 5.89. The number of aromatic nitrogens is 3. The lowest BCUT2D eigenvalue weighted by Crippen LogP contribution is -2.23. The third kappa shape index (κ3) is 5.74. The van der Waals surface area contributed by atoms with E-state index in [0.29, 0.717) is 16.9 Å². The van der Waals surface area contributed by atoms with Gasteiger partial charge in [0, 0.05) is 18.6 Å². The summed E-state index contributed by atoms with van der Waals surface area (Å²) in [7, 11) is 0. The van der Waals surface area contributed by atoms with Crippen LogP contribution in [0.3, 0.4) is 0 Å². The summed E-state index contributed by atoms with van der Waals surface area (Å²) < 4.78 is 43.5. The Morgan fingerprint density at radius 3 is 2.57 bits per heavy atom. The fourth-order valence-electron chi connectivity index (χ4n) is 2.23. The molecule has 2 heterocycles. The largest absolute Gasteiger partial charge is 0.435 e. The Kier molecular flexibility index (Phi) is 6.20. The highest BCUT2D eigenvalue weighted by Gasteiger charge is 2.33. The number of pyridine rings is 1. The molecule has 3 rings (SSSR count). The Morgan fingerprint density at radius 2 is 1.93 bits per heavy atom. The van der Waals surface area contributed by atoms with Gasteiger partial charge in [0.25, 0.3) is 5.91 Å². The Hall–Kier alpha value is -4.02. The van der Waals surface area contributed by atoms with Gasteiger partial charge in [-0.1, -0.05) is 0 Å². The van der Waals surface area contributed by atoms with E-state index in [4.69, 9.17) is 4.74 Å². The van der Waals surface area contributed by atoms with Gasteiger partial charge in [-0.25, -0.2) is 10.2 Å². The molecule has 0 aliphatic rings. The first-order valence-corrected chi connectivity index (χ1v) is 8.46. The molecule has 2 aromatic heterocycles. The first-order chi connectivity index (χ1) is 14.3. The maximum absolute atomic E-state index is 12.5. The molecule has 1 aromatic carbocycles. The lowest BCUT2D eigenvalue weighted by atomic mass is 10.2. The highest BCUT2D eigenvalue weighted by Crippen LogP contribution is 2.27. The number of hydrogen-bond donors (Lipinski definition) is 1. The van der Waals surface area contributed by atoms with Gasteiger partial charge < -0.3 is 4.74 Å². The van der Waals surface area contributed by atoms with E-state index in [1.54, 1.807) is 42.6 Å². The number of alkyl halides is 3. The zero-order valence-corrected chi connectivity index (χ0v) is 15.2. The highest BCUT2D eigenvalue weighted by atomic mass is 19.4. The number of nitrogens with zero attached hydrogens (tertiary/aromatic N) is 4. The third-order valence-electron chi connectivity index (χ3n) is 3.63. The van der Waals surface area contributed by atoms with Crippen LogP contribution in [0, 0.1) is 0 Å². The van der Waals surface area contributed by atoms with Gasteiger partial charge in [-0.2, -0.15) is 23.4 Å². The zero-order chi connectivity index (χ0) is 21.6. The van der Waals surface area contributed by atoms with Gasteiger partial charge in [-0.3, -0.25) is 14.5 Å². The molecular weight excluding hydrogens is 403 g/mol. The van der Waals surface area contributed by atoms with Crippen molar-refractivity contribution in [3.05, 3.63) is 77.9 Å². The Balaban J connectivity index is 1.49. The van der Waals surface area contributed by atoms with Crippen molar-refractivity contribution in [1.82, 2.24) is 20.2 Å². The maximum atomic E-state index is 12.5. The van der Waals surface area contributed by atoms with Gasteiger partial charge in [0.2, 0.25) is 0 Å². The van der Waals surface area contributed by atoms with Crippen LogP contribution in [-0.4, -0.2) is 32.9 Å². The normalized spacial score (nSPS) is 11.4. The number of carbonyl (C=O) groups is 2. The lowest BCUT2D eigenvalue weighted by molar-refractivity contribution is -0.141. The molecule has 0 saturated carbocycles. The molecule has 0 aliphatic heterocycles. The standard InChI is InChI=1S/C19H14F3N5O3/c20-19(21,22)16-7-9-27(26-16)12-17(28)25-24-10-13-3-5-15(6-4-13)30-18(29)14-2-1-8-23-11-14/h1-11H,12H2,(H,25,28). The third-order valence-corrected chi connectivity index (χ3v) is 3.63. The van der Waals surface area contributed by atoms with Gasteiger partial charge in [0.05, 0.1) is 11.8 Å². The molecule has 30 heavy (non-hydrogen) atoms. The molecule has 0 saturated heterocycles. The highest BCUT2D eigenvalue weighted by molar-refractivity contribution is 5.90. The molecule has 0 aliphatic carbocycles. The van der Waals surface area contributed by atoms with Crippen molar-refractivity contribution in [1.29, 1.82) is 0 Å². The molecule has 11 heteroatoms. The fourth-order valence-corrected chi connectivity index (χ4v) is 2.23. The van der Waals surface area contributed by atoms with Gasteiger partial charge in [0.1, 0.15) is 12.3 Å². The van der Waals surface area contributed by atoms with Crippen LogP contribution in [0.1, 0.15) is 21.6 Å². The molecule has 0 atom stereocenters. The zero-order valence-electron chi connectivity index (χ0n) is 15.2. The van der Waals surface area contributed by atoms with Crippen LogP contribution in [0.4, 0.5) is 13.2 Å². The molecular formula is C19H14F3N5O3. The molecule has 0 unspecified atom stereocenters. The first kappa shape index (κ1) is 20.7. The second-order valence-corrected chi connectivity index (χ2v) is 5.89. The van der Waals surface area contributed by atoms with Crippen molar-refractivity contribution < 1.29 is 27.5 Å². The molecule has 0 spiro atoms. The summed E-state index contributed by atoms with van der Waals surface area (Å²) in [4.78, 5) is 27.5. The summed E-state index contributed by atoms with van der Waals surface area (Å²) in [5, 5.41) is 7.00. The minimum atomic E-state index is -4.57. The molecule has 3 aromatic rings. The minimum absolute atomic E-state index is 0.309. The Labute approximate surface area is 168 Å². The number of halogens is 3. The number of esters is 1. The number of nitrogens with one attached hydrogen (secondary N) is 1. The van der Waals surface area contributed by atoms with Crippen LogP contribution in [0.25, 0.3) is 0 Å². The number of hydrazone groups is 1. The Morgan fingerprint density at radius 1 is 1.17 bits per heavy atom. The minimum Gasteiger partial charge on any atom is -0.423 e. The summed E-state index contributed by atoms with van der Waals surface area (Å²) in [6.45, 7) is -0.420. The summed E-state index contributed by atoms with van der Waals surface area (Å²) in [5.74, 6) is -0.890. The number of amides is 1. The average Bonchev–Trinajstić information content (AvgIpc) is 3.19.